The van der Waals surface area contributed by atoms with Gasteiger partial charge in [-0.15, -0.1) is 0 Å². The molecule has 1 fully saturated rings. The van der Waals surface area contributed by atoms with Crippen molar-refractivity contribution in [2.75, 3.05) is 33.2 Å². The van der Waals surface area contributed by atoms with Crippen molar-refractivity contribution in [2.24, 2.45) is 5.73 Å². The number of amides is 1. The molecule has 1 rings (SSSR count). The first-order valence-electron chi connectivity index (χ1n) is 6.40. The Labute approximate surface area is 104 Å². The molecule has 2 unspecified atom stereocenters. The molecule has 1 amide bonds. The molecule has 5 nitrogen and oxygen atoms in total. The van der Waals surface area contributed by atoms with Gasteiger partial charge in [0.25, 0.3) is 0 Å². The van der Waals surface area contributed by atoms with Crippen molar-refractivity contribution in [2.45, 2.75) is 38.9 Å². The van der Waals surface area contributed by atoms with Gasteiger partial charge >= 0.3 is 0 Å². The van der Waals surface area contributed by atoms with Crippen molar-refractivity contribution >= 4 is 5.91 Å². The van der Waals surface area contributed by atoms with Crippen molar-refractivity contribution in [3.63, 3.8) is 0 Å². The van der Waals surface area contributed by atoms with Crippen LogP contribution < -0.4 is 11.1 Å². The third kappa shape index (κ3) is 3.94. The summed E-state index contributed by atoms with van der Waals surface area (Å²) in [7, 11) is 2.10. The maximum atomic E-state index is 12.0. The number of carbonyl (C=O) groups excluding carboxylic acids is 1. The van der Waals surface area contributed by atoms with E-state index < -0.39 is 0 Å². The Hall–Kier alpha value is -0.650. The van der Waals surface area contributed by atoms with E-state index in [9.17, 15) is 4.79 Å². The third-order valence-corrected chi connectivity index (χ3v) is 3.31. The minimum absolute atomic E-state index is 0.0975. The highest BCUT2D eigenvalue weighted by Gasteiger charge is 2.31. The predicted molar refractivity (Wildman–Crippen MR) is 69.8 cm³/mol. The molecule has 0 aromatic rings. The van der Waals surface area contributed by atoms with Gasteiger partial charge in [-0.1, -0.05) is 0 Å². The summed E-state index contributed by atoms with van der Waals surface area (Å²) in [6, 6.07) is 0.370. The van der Waals surface area contributed by atoms with Crippen LogP contribution >= 0.6 is 0 Å². The van der Waals surface area contributed by atoms with E-state index in [1.165, 1.54) is 0 Å². The van der Waals surface area contributed by atoms with E-state index in [1.807, 2.05) is 20.8 Å². The van der Waals surface area contributed by atoms with E-state index in [4.69, 9.17) is 5.73 Å². The molecule has 100 valence electrons. The van der Waals surface area contributed by atoms with Crippen molar-refractivity contribution < 1.29 is 4.79 Å². The lowest BCUT2D eigenvalue weighted by atomic mass is 10.1. The fraction of sp³-hybridized carbons (Fsp3) is 0.917. The van der Waals surface area contributed by atoms with Crippen LogP contribution in [0.4, 0.5) is 0 Å². The van der Waals surface area contributed by atoms with Crippen LogP contribution in [0.5, 0.6) is 0 Å². The fourth-order valence-electron chi connectivity index (χ4n) is 2.30. The molecule has 3 N–H and O–H groups in total. The van der Waals surface area contributed by atoms with Gasteiger partial charge in [0.05, 0.1) is 6.04 Å². The molecule has 1 aliphatic rings. The summed E-state index contributed by atoms with van der Waals surface area (Å²) >= 11 is 0. The molecule has 0 aromatic carbocycles. The molecule has 1 saturated heterocycles. The second-order valence-corrected chi connectivity index (χ2v) is 5.23. The molecular weight excluding hydrogens is 216 g/mol. The number of nitrogens with zero attached hydrogens (tertiary/aromatic N) is 2. The van der Waals surface area contributed by atoms with Gasteiger partial charge in [-0.25, -0.2) is 0 Å². The Morgan fingerprint density at radius 1 is 1.41 bits per heavy atom. The van der Waals surface area contributed by atoms with Crippen LogP contribution in [-0.4, -0.2) is 67.1 Å². The monoisotopic (exact) mass is 242 g/mol. The first-order chi connectivity index (χ1) is 7.95. The summed E-state index contributed by atoms with van der Waals surface area (Å²) < 4.78 is 0. The largest absolute Gasteiger partial charge is 0.353 e. The van der Waals surface area contributed by atoms with E-state index in [0.717, 1.165) is 19.6 Å². The Balaban J connectivity index is 2.60. The molecule has 1 aliphatic heterocycles. The van der Waals surface area contributed by atoms with Gasteiger partial charge in [-0.3, -0.25) is 9.69 Å². The molecule has 1 heterocycles. The molecular formula is C12H26N4O. The number of hydrogen-bond donors (Lipinski definition) is 2. The average Bonchev–Trinajstić information content (AvgIpc) is 2.27. The quantitative estimate of drug-likeness (QED) is 0.696. The van der Waals surface area contributed by atoms with Gasteiger partial charge in [0.2, 0.25) is 5.91 Å². The number of nitrogens with one attached hydrogen (secondary N) is 1. The zero-order valence-corrected chi connectivity index (χ0v) is 11.4. The number of likely N-dealkylation sites (N-methyl/N-ethyl adjacent to an activating group) is 1. The standard InChI is InChI=1S/C12H26N4O/c1-9(2)14-12(17)10(3)16-6-5-15(4)8-11(16)7-13/h9-11H,5-8,13H2,1-4H3,(H,14,17). The summed E-state index contributed by atoms with van der Waals surface area (Å²) in [4.78, 5) is 16.5. The summed E-state index contributed by atoms with van der Waals surface area (Å²) in [6.07, 6.45) is 0. The fourth-order valence-corrected chi connectivity index (χ4v) is 2.30. The van der Waals surface area contributed by atoms with E-state index in [-0.39, 0.29) is 24.0 Å². The molecule has 5 heteroatoms. The van der Waals surface area contributed by atoms with Gasteiger partial charge < -0.3 is 16.0 Å². The van der Waals surface area contributed by atoms with Crippen LogP contribution in [0.25, 0.3) is 0 Å². The Bertz CT molecular complexity index is 257. The van der Waals surface area contributed by atoms with Crippen LogP contribution in [0.2, 0.25) is 0 Å². The highest BCUT2D eigenvalue weighted by molar-refractivity contribution is 5.81. The average molecular weight is 242 g/mol. The van der Waals surface area contributed by atoms with E-state index in [1.54, 1.807) is 0 Å². The Morgan fingerprint density at radius 2 is 2.06 bits per heavy atom. The zero-order chi connectivity index (χ0) is 13.0. The third-order valence-electron chi connectivity index (χ3n) is 3.31. The van der Waals surface area contributed by atoms with Crippen LogP contribution in [0.1, 0.15) is 20.8 Å². The van der Waals surface area contributed by atoms with Gasteiger partial charge in [-0.05, 0) is 27.8 Å². The highest BCUT2D eigenvalue weighted by Crippen LogP contribution is 2.12. The molecule has 0 radical (unpaired) electrons. The van der Waals surface area contributed by atoms with Crippen molar-refractivity contribution in [3.05, 3.63) is 0 Å². The lowest BCUT2D eigenvalue weighted by Gasteiger charge is -2.42. The lowest BCUT2D eigenvalue weighted by Crippen LogP contribution is -2.60. The maximum absolute atomic E-state index is 12.0. The predicted octanol–water partition coefficient (Wildman–Crippen LogP) is -0.526. The number of piperazine rings is 1. The SMILES string of the molecule is CC(C)NC(=O)C(C)N1CCN(C)CC1CN. The maximum Gasteiger partial charge on any atom is 0.237 e. The minimum Gasteiger partial charge on any atom is -0.353 e. The molecule has 2 atom stereocenters. The van der Waals surface area contributed by atoms with E-state index in [0.29, 0.717) is 6.54 Å². The normalized spacial score (nSPS) is 24.9. The Kier molecular flexibility index (Phi) is 5.36. The second kappa shape index (κ2) is 6.33. The number of rotatable bonds is 4. The van der Waals surface area contributed by atoms with Crippen LogP contribution in [-0.2, 0) is 4.79 Å². The Morgan fingerprint density at radius 3 is 2.59 bits per heavy atom. The van der Waals surface area contributed by atoms with E-state index >= 15 is 0 Å². The van der Waals surface area contributed by atoms with Crippen molar-refractivity contribution in [1.29, 1.82) is 0 Å². The minimum atomic E-state index is -0.0975. The molecule has 0 saturated carbocycles. The first-order valence-corrected chi connectivity index (χ1v) is 6.40. The van der Waals surface area contributed by atoms with Gasteiger partial charge in [0.15, 0.2) is 0 Å². The summed E-state index contributed by atoms with van der Waals surface area (Å²) in [6.45, 7) is 9.37. The van der Waals surface area contributed by atoms with Gasteiger partial charge in [0.1, 0.15) is 0 Å². The smallest absolute Gasteiger partial charge is 0.237 e. The molecule has 17 heavy (non-hydrogen) atoms. The van der Waals surface area contributed by atoms with Crippen LogP contribution in [0.15, 0.2) is 0 Å². The van der Waals surface area contributed by atoms with E-state index in [2.05, 4.69) is 22.2 Å². The number of carbonyl (C=O) groups is 1. The molecule has 0 bridgehead atoms. The highest BCUT2D eigenvalue weighted by atomic mass is 16.2. The lowest BCUT2D eigenvalue weighted by molar-refractivity contribution is -0.128. The zero-order valence-electron chi connectivity index (χ0n) is 11.4. The van der Waals surface area contributed by atoms with Crippen LogP contribution in [0.3, 0.4) is 0 Å². The van der Waals surface area contributed by atoms with Crippen molar-refractivity contribution in [3.8, 4) is 0 Å². The summed E-state index contributed by atoms with van der Waals surface area (Å²) in [5, 5.41) is 2.96. The summed E-state index contributed by atoms with van der Waals surface area (Å²) in [5.74, 6) is 0.100. The van der Waals surface area contributed by atoms with Gasteiger partial charge in [0, 0.05) is 38.3 Å². The number of nitrogens with two attached hydrogens (primary N) is 1. The second-order valence-electron chi connectivity index (χ2n) is 5.23. The van der Waals surface area contributed by atoms with Gasteiger partial charge in [-0.2, -0.15) is 0 Å². The van der Waals surface area contributed by atoms with Crippen LogP contribution in [0, 0.1) is 0 Å². The first kappa shape index (κ1) is 14.4. The number of hydrogen-bond acceptors (Lipinski definition) is 4. The summed E-state index contributed by atoms with van der Waals surface area (Å²) in [5.41, 5.74) is 5.80. The topological polar surface area (TPSA) is 61.6 Å². The van der Waals surface area contributed by atoms with Crippen molar-refractivity contribution in [1.82, 2.24) is 15.1 Å². The molecule has 0 aromatic heterocycles. The molecule has 0 aliphatic carbocycles. The molecule has 0 spiro atoms.